The number of amides is 1. The van der Waals surface area contributed by atoms with Crippen molar-refractivity contribution in [1.82, 2.24) is 5.32 Å². The van der Waals surface area contributed by atoms with Gasteiger partial charge in [0.25, 0.3) is 0 Å². The molecule has 6 heteroatoms. The fourth-order valence-electron chi connectivity index (χ4n) is 2.94. The highest BCUT2D eigenvalue weighted by Crippen LogP contribution is 2.31. The molecular formula is C18H25NO5. The van der Waals surface area contributed by atoms with Crippen LogP contribution in [-0.4, -0.2) is 37.2 Å². The second-order valence-corrected chi connectivity index (χ2v) is 6.20. The quantitative estimate of drug-likeness (QED) is 0.798. The molecule has 1 amide bonds. The Balaban J connectivity index is 2.02. The summed E-state index contributed by atoms with van der Waals surface area (Å²) < 4.78 is 10.9. The van der Waals surface area contributed by atoms with E-state index in [-0.39, 0.29) is 18.4 Å². The van der Waals surface area contributed by atoms with Crippen molar-refractivity contribution in [3.63, 3.8) is 0 Å². The summed E-state index contributed by atoms with van der Waals surface area (Å²) in [5, 5.41) is 12.2. The number of carboxylic acid groups (broad SMARTS) is 1. The Kier molecular flexibility index (Phi) is 5.70. The summed E-state index contributed by atoms with van der Waals surface area (Å²) in [4.78, 5) is 24.0. The average molecular weight is 335 g/mol. The molecule has 2 N–H and O–H groups in total. The van der Waals surface area contributed by atoms with Crippen LogP contribution in [0, 0.1) is 11.3 Å². The lowest BCUT2D eigenvalue weighted by Crippen LogP contribution is -2.46. The second kappa shape index (κ2) is 7.55. The molecule has 0 aliphatic carbocycles. The molecule has 0 aromatic heterocycles. The molecule has 132 valence electrons. The van der Waals surface area contributed by atoms with E-state index in [4.69, 9.17) is 9.47 Å². The van der Waals surface area contributed by atoms with Crippen LogP contribution in [0.5, 0.6) is 11.5 Å². The third-order valence-corrected chi connectivity index (χ3v) is 4.95. The maximum absolute atomic E-state index is 12.4. The van der Waals surface area contributed by atoms with Gasteiger partial charge in [-0.2, -0.15) is 0 Å². The molecule has 1 aliphatic rings. The first-order chi connectivity index (χ1) is 11.5. The lowest BCUT2D eigenvalue weighted by atomic mass is 9.82. The van der Waals surface area contributed by atoms with Crippen molar-refractivity contribution in [2.45, 2.75) is 33.1 Å². The van der Waals surface area contributed by atoms with Crippen LogP contribution < -0.4 is 14.8 Å². The Labute approximate surface area is 142 Å². The van der Waals surface area contributed by atoms with E-state index in [1.165, 1.54) is 0 Å². The molecule has 1 unspecified atom stereocenters. The number of carboxylic acids is 1. The first-order valence-corrected chi connectivity index (χ1v) is 8.26. The normalized spacial score (nSPS) is 16.7. The molecular weight excluding hydrogens is 310 g/mol. The standard InChI is InChI=1S/C18H25NO5/c1-4-18(5-2,17(21)22)11-19-16(20)13-8-12-9-14(23-3)6-7-15(12)24-10-13/h6-7,9,13H,4-5,8,10-11H2,1-3H3,(H,19,20)(H,21,22). The van der Waals surface area contributed by atoms with Crippen molar-refractivity contribution >= 4 is 11.9 Å². The monoisotopic (exact) mass is 335 g/mol. The molecule has 1 atom stereocenters. The van der Waals surface area contributed by atoms with Gasteiger partial charge in [-0.05, 0) is 43.0 Å². The van der Waals surface area contributed by atoms with Crippen molar-refractivity contribution in [2.24, 2.45) is 11.3 Å². The number of aliphatic carboxylic acids is 1. The van der Waals surface area contributed by atoms with Crippen LogP contribution in [0.2, 0.25) is 0 Å². The molecule has 6 nitrogen and oxygen atoms in total. The minimum atomic E-state index is -0.910. The molecule has 0 bridgehead atoms. The number of rotatable bonds is 7. The Bertz CT molecular complexity index is 609. The van der Waals surface area contributed by atoms with Gasteiger partial charge in [0, 0.05) is 6.54 Å². The Morgan fingerprint density at radius 2 is 2.08 bits per heavy atom. The maximum atomic E-state index is 12.4. The Morgan fingerprint density at radius 3 is 2.67 bits per heavy atom. The molecule has 1 aromatic carbocycles. The summed E-state index contributed by atoms with van der Waals surface area (Å²) in [6, 6.07) is 5.53. The van der Waals surface area contributed by atoms with E-state index in [1.807, 2.05) is 32.0 Å². The van der Waals surface area contributed by atoms with Gasteiger partial charge in [0.05, 0.1) is 18.4 Å². The van der Waals surface area contributed by atoms with Gasteiger partial charge in [-0.1, -0.05) is 13.8 Å². The van der Waals surface area contributed by atoms with Crippen LogP contribution in [0.3, 0.4) is 0 Å². The van der Waals surface area contributed by atoms with E-state index in [9.17, 15) is 14.7 Å². The third kappa shape index (κ3) is 3.63. The van der Waals surface area contributed by atoms with Gasteiger partial charge in [-0.25, -0.2) is 0 Å². The highest BCUT2D eigenvalue weighted by atomic mass is 16.5. The lowest BCUT2D eigenvalue weighted by molar-refractivity contribution is -0.149. The van der Waals surface area contributed by atoms with Crippen LogP contribution in [0.4, 0.5) is 0 Å². The predicted molar refractivity (Wildman–Crippen MR) is 89.3 cm³/mol. The number of nitrogens with one attached hydrogen (secondary N) is 1. The maximum Gasteiger partial charge on any atom is 0.311 e. The molecule has 2 rings (SSSR count). The minimum absolute atomic E-state index is 0.135. The van der Waals surface area contributed by atoms with Gasteiger partial charge in [0.15, 0.2) is 0 Å². The molecule has 0 saturated heterocycles. The number of hydrogen-bond donors (Lipinski definition) is 2. The van der Waals surface area contributed by atoms with Crippen molar-refractivity contribution in [2.75, 3.05) is 20.3 Å². The van der Waals surface area contributed by atoms with Crippen LogP contribution in [0.25, 0.3) is 0 Å². The number of benzene rings is 1. The molecule has 0 fully saturated rings. The summed E-state index contributed by atoms with van der Waals surface area (Å²) in [6.45, 7) is 4.09. The van der Waals surface area contributed by atoms with Gasteiger partial charge in [0.2, 0.25) is 5.91 Å². The van der Waals surface area contributed by atoms with Gasteiger partial charge in [-0.15, -0.1) is 0 Å². The van der Waals surface area contributed by atoms with Crippen LogP contribution in [0.15, 0.2) is 18.2 Å². The second-order valence-electron chi connectivity index (χ2n) is 6.20. The summed E-state index contributed by atoms with van der Waals surface area (Å²) in [6.07, 6.45) is 1.50. The van der Waals surface area contributed by atoms with Gasteiger partial charge < -0.3 is 19.9 Å². The summed E-state index contributed by atoms with van der Waals surface area (Å²) in [7, 11) is 1.59. The van der Waals surface area contributed by atoms with Gasteiger partial charge >= 0.3 is 5.97 Å². The SMILES string of the molecule is CCC(CC)(CNC(=O)C1COc2ccc(OC)cc2C1)C(=O)O. The van der Waals surface area contributed by atoms with Crippen LogP contribution in [-0.2, 0) is 16.0 Å². The van der Waals surface area contributed by atoms with Crippen LogP contribution in [0.1, 0.15) is 32.3 Å². The molecule has 1 aliphatic heterocycles. The number of carbonyl (C=O) groups excluding carboxylic acids is 1. The zero-order valence-electron chi connectivity index (χ0n) is 14.4. The number of ether oxygens (including phenoxy) is 2. The van der Waals surface area contributed by atoms with E-state index < -0.39 is 11.4 Å². The topological polar surface area (TPSA) is 84.9 Å². The minimum Gasteiger partial charge on any atom is -0.497 e. The van der Waals surface area contributed by atoms with Crippen molar-refractivity contribution in [3.05, 3.63) is 23.8 Å². The smallest absolute Gasteiger partial charge is 0.311 e. The molecule has 1 heterocycles. The first-order valence-electron chi connectivity index (χ1n) is 8.26. The number of hydrogen-bond acceptors (Lipinski definition) is 4. The van der Waals surface area contributed by atoms with E-state index in [0.717, 1.165) is 17.1 Å². The van der Waals surface area contributed by atoms with E-state index >= 15 is 0 Å². The highest BCUT2D eigenvalue weighted by molar-refractivity contribution is 5.81. The zero-order chi connectivity index (χ0) is 17.7. The van der Waals surface area contributed by atoms with E-state index in [0.29, 0.717) is 25.9 Å². The first kappa shape index (κ1) is 18.1. The van der Waals surface area contributed by atoms with E-state index in [2.05, 4.69) is 5.32 Å². The van der Waals surface area contributed by atoms with Gasteiger partial charge in [0.1, 0.15) is 18.1 Å². The average Bonchev–Trinajstić information content (AvgIpc) is 2.61. The Morgan fingerprint density at radius 1 is 1.38 bits per heavy atom. The van der Waals surface area contributed by atoms with E-state index in [1.54, 1.807) is 7.11 Å². The highest BCUT2D eigenvalue weighted by Gasteiger charge is 2.36. The van der Waals surface area contributed by atoms with Crippen molar-refractivity contribution < 1.29 is 24.2 Å². The molecule has 0 radical (unpaired) electrons. The third-order valence-electron chi connectivity index (χ3n) is 4.95. The predicted octanol–water partition coefficient (Wildman–Crippen LogP) is 2.25. The summed E-state index contributed by atoms with van der Waals surface area (Å²) >= 11 is 0. The largest absolute Gasteiger partial charge is 0.497 e. The number of carbonyl (C=O) groups is 2. The lowest BCUT2D eigenvalue weighted by Gasteiger charge is -2.29. The van der Waals surface area contributed by atoms with Crippen molar-refractivity contribution in [3.8, 4) is 11.5 Å². The molecule has 1 aromatic rings. The zero-order valence-corrected chi connectivity index (χ0v) is 14.4. The molecule has 0 spiro atoms. The fourth-order valence-corrected chi connectivity index (χ4v) is 2.94. The summed E-state index contributed by atoms with van der Waals surface area (Å²) in [5.41, 5.74) is 0.0167. The molecule has 24 heavy (non-hydrogen) atoms. The van der Waals surface area contributed by atoms with Crippen molar-refractivity contribution in [1.29, 1.82) is 0 Å². The number of fused-ring (bicyclic) bond motifs is 1. The van der Waals surface area contributed by atoms with Crippen LogP contribution >= 0.6 is 0 Å². The Hall–Kier alpha value is -2.24. The summed E-state index contributed by atoms with van der Waals surface area (Å²) in [5.74, 6) is 0.116. The number of methoxy groups -OCH3 is 1. The molecule has 0 saturated carbocycles. The fraction of sp³-hybridized carbons (Fsp3) is 0.556. The van der Waals surface area contributed by atoms with Gasteiger partial charge in [-0.3, -0.25) is 9.59 Å².